The summed E-state index contributed by atoms with van der Waals surface area (Å²) in [6.07, 6.45) is 6.21. The third-order valence-corrected chi connectivity index (χ3v) is 7.60. The molecule has 0 amide bonds. The highest BCUT2D eigenvalue weighted by Crippen LogP contribution is 2.62. The van der Waals surface area contributed by atoms with Crippen LogP contribution in [0, 0.1) is 5.92 Å². The van der Waals surface area contributed by atoms with Crippen molar-refractivity contribution in [2.45, 2.75) is 31.2 Å². The van der Waals surface area contributed by atoms with Crippen molar-refractivity contribution in [2.75, 3.05) is 0 Å². The van der Waals surface area contributed by atoms with Gasteiger partial charge in [-0.1, -0.05) is 11.6 Å². The van der Waals surface area contributed by atoms with Gasteiger partial charge in [0.15, 0.2) is 0 Å². The highest BCUT2D eigenvalue weighted by Gasteiger charge is 2.49. The first kappa shape index (κ1) is 8.15. The lowest BCUT2D eigenvalue weighted by Gasteiger charge is -2.28. The van der Waals surface area contributed by atoms with E-state index in [2.05, 4.69) is 13.0 Å². The molecule has 0 nitrogen and oxygen atoms in total. The summed E-state index contributed by atoms with van der Waals surface area (Å²) in [7, 11) is -1.50. The predicted octanol–water partition coefficient (Wildman–Crippen LogP) is 3.18. The van der Waals surface area contributed by atoms with Gasteiger partial charge in [0.25, 0.3) is 0 Å². The van der Waals surface area contributed by atoms with Gasteiger partial charge < -0.3 is 0 Å². The number of rotatable bonds is 1. The van der Waals surface area contributed by atoms with Gasteiger partial charge in [0.1, 0.15) is 0 Å². The lowest BCUT2D eigenvalue weighted by atomic mass is 9.99. The Kier molecular flexibility index (Phi) is 1.86. The van der Waals surface area contributed by atoms with Gasteiger partial charge in [0, 0.05) is 5.04 Å². The summed E-state index contributed by atoms with van der Waals surface area (Å²) >= 11 is 12.3. The lowest BCUT2D eigenvalue weighted by Crippen LogP contribution is -2.20. The minimum Gasteiger partial charge on any atom is -0.149 e. The minimum absolute atomic E-state index is 0.299. The van der Waals surface area contributed by atoms with Gasteiger partial charge in [0.05, 0.1) is 0 Å². The Bertz CT molecular complexity index is 212. The molecule has 62 valence electrons. The van der Waals surface area contributed by atoms with E-state index in [0.717, 1.165) is 5.92 Å². The van der Waals surface area contributed by atoms with Crippen molar-refractivity contribution in [3.63, 3.8) is 0 Å². The van der Waals surface area contributed by atoms with Crippen LogP contribution in [0.5, 0.6) is 0 Å². The van der Waals surface area contributed by atoms with Gasteiger partial charge in [-0.25, -0.2) is 0 Å². The van der Waals surface area contributed by atoms with E-state index in [4.69, 9.17) is 22.2 Å². The third kappa shape index (κ3) is 1.01. The minimum atomic E-state index is -1.50. The topological polar surface area (TPSA) is 0 Å². The van der Waals surface area contributed by atoms with Crippen molar-refractivity contribution in [1.29, 1.82) is 0 Å². The van der Waals surface area contributed by atoms with Crippen LogP contribution >= 0.6 is 22.2 Å². The van der Waals surface area contributed by atoms with Gasteiger partial charge in [-0.3, -0.25) is 0 Å². The van der Waals surface area contributed by atoms with Gasteiger partial charge in [-0.15, -0.1) is 22.2 Å². The highest BCUT2D eigenvalue weighted by atomic mass is 35.7. The van der Waals surface area contributed by atoms with Gasteiger partial charge in [-0.2, -0.15) is 0 Å². The van der Waals surface area contributed by atoms with Crippen LogP contribution in [0.1, 0.15) is 26.2 Å². The summed E-state index contributed by atoms with van der Waals surface area (Å²) in [6, 6.07) is 0. The van der Waals surface area contributed by atoms with E-state index in [0.29, 0.717) is 5.04 Å². The zero-order valence-electron chi connectivity index (χ0n) is 6.61. The highest BCUT2D eigenvalue weighted by molar-refractivity contribution is 7.35. The van der Waals surface area contributed by atoms with E-state index >= 15 is 0 Å². The van der Waals surface area contributed by atoms with E-state index in [-0.39, 0.29) is 0 Å². The van der Waals surface area contributed by atoms with Gasteiger partial charge >= 0.3 is 0 Å². The zero-order valence-corrected chi connectivity index (χ0v) is 9.28. The Labute approximate surface area is 78.6 Å². The molecule has 2 atom stereocenters. The van der Waals surface area contributed by atoms with Crippen molar-refractivity contribution in [1.82, 2.24) is 0 Å². The van der Waals surface area contributed by atoms with E-state index in [1.165, 1.54) is 24.8 Å². The van der Waals surface area contributed by atoms with Crippen LogP contribution in [0.2, 0.25) is 5.04 Å². The Morgan fingerprint density at radius 2 is 2.36 bits per heavy atom. The fourth-order valence-corrected chi connectivity index (χ4v) is 6.03. The predicted molar refractivity (Wildman–Crippen MR) is 52.6 cm³/mol. The summed E-state index contributed by atoms with van der Waals surface area (Å²) in [5, 5.41) is 0.299. The van der Waals surface area contributed by atoms with Crippen LogP contribution in [0.25, 0.3) is 0 Å². The molecular formula is C8H12Cl2Si. The van der Waals surface area contributed by atoms with Gasteiger partial charge in [-0.05, 0) is 32.1 Å². The fourth-order valence-electron chi connectivity index (χ4n) is 2.51. The van der Waals surface area contributed by atoms with Crippen LogP contribution in [0.15, 0.2) is 11.6 Å². The Balaban J connectivity index is 2.33. The largest absolute Gasteiger partial charge is 0.246 e. The van der Waals surface area contributed by atoms with Crippen LogP contribution in [0.3, 0.4) is 0 Å². The first-order chi connectivity index (χ1) is 5.15. The molecule has 11 heavy (non-hydrogen) atoms. The molecule has 0 heterocycles. The Morgan fingerprint density at radius 3 is 2.64 bits per heavy atom. The second-order valence-corrected chi connectivity index (χ2v) is 8.80. The molecule has 3 heteroatoms. The van der Waals surface area contributed by atoms with Crippen LogP contribution < -0.4 is 0 Å². The molecule has 0 saturated heterocycles. The van der Waals surface area contributed by atoms with Crippen LogP contribution in [-0.2, 0) is 0 Å². The maximum absolute atomic E-state index is 6.13. The molecule has 0 aliphatic heterocycles. The molecule has 0 N–H and O–H groups in total. The fraction of sp³-hybridized carbons (Fsp3) is 0.750. The summed E-state index contributed by atoms with van der Waals surface area (Å²) < 4.78 is 0. The number of halogens is 2. The first-order valence-corrected chi connectivity index (χ1v) is 8.19. The molecule has 0 aromatic carbocycles. The second kappa shape index (κ2) is 2.51. The van der Waals surface area contributed by atoms with Crippen LogP contribution in [0.4, 0.5) is 0 Å². The molecule has 1 fully saturated rings. The molecule has 2 unspecified atom stereocenters. The Morgan fingerprint density at radius 1 is 1.64 bits per heavy atom. The normalized spacial score (nSPS) is 41.8. The standard InChI is InChI=1S/C8H12Cl2Si/c1-6-4-7-2-3-8(6,5-7)11(9)10/h4,7,11H,2-3,5H2,1H3. The zero-order chi connectivity index (χ0) is 8.06. The van der Waals surface area contributed by atoms with E-state index in [9.17, 15) is 0 Å². The molecular weight excluding hydrogens is 195 g/mol. The summed E-state index contributed by atoms with van der Waals surface area (Å²) in [4.78, 5) is 0. The van der Waals surface area contributed by atoms with Crippen molar-refractivity contribution in [2.24, 2.45) is 5.92 Å². The number of hydrogen-bond donors (Lipinski definition) is 0. The van der Waals surface area contributed by atoms with Crippen molar-refractivity contribution in [3.05, 3.63) is 11.6 Å². The second-order valence-electron chi connectivity index (χ2n) is 3.81. The number of fused-ring (bicyclic) bond motifs is 2. The van der Waals surface area contributed by atoms with Crippen molar-refractivity contribution < 1.29 is 0 Å². The van der Waals surface area contributed by atoms with E-state index in [1.54, 1.807) is 0 Å². The van der Waals surface area contributed by atoms with Crippen molar-refractivity contribution in [3.8, 4) is 0 Å². The molecule has 2 aliphatic rings. The summed E-state index contributed by atoms with van der Waals surface area (Å²) in [5.41, 5.74) is 1.48. The van der Waals surface area contributed by atoms with E-state index in [1.807, 2.05) is 0 Å². The molecule has 0 spiro atoms. The average Bonchev–Trinajstić information content (AvgIpc) is 2.43. The third-order valence-electron chi connectivity index (χ3n) is 3.28. The molecule has 0 aromatic heterocycles. The molecule has 0 radical (unpaired) electrons. The van der Waals surface area contributed by atoms with Crippen molar-refractivity contribution >= 4 is 29.6 Å². The quantitative estimate of drug-likeness (QED) is 0.352. The first-order valence-electron chi connectivity index (χ1n) is 4.12. The average molecular weight is 207 g/mol. The number of hydrogen-bond acceptors (Lipinski definition) is 0. The monoisotopic (exact) mass is 206 g/mol. The number of allylic oxidation sites excluding steroid dienone is 2. The smallest absolute Gasteiger partial charge is 0.149 e. The van der Waals surface area contributed by atoms with E-state index < -0.39 is 7.42 Å². The van der Waals surface area contributed by atoms with Gasteiger partial charge in [0.2, 0.25) is 7.42 Å². The molecule has 1 saturated carbocycles. The maximum Gasteiger partial charge on any atom is 0.246 e. The molecule has 2 aliphatic carbocycles. The molecule has 2 rings (SSSR count). The molecule has 2 bridgehead atoms. The Hall–Kier alpha value is 0.537. The summed E-state index contributed by atoms with van der Waals surface area (Å²) in [5.74, 6) is 0.808. The SMILES string of the molecule is CC1=CC2CCC1([SiH](Cl)Cl)C2. The van der Waals surface area contributed by atoms with Crippen LogP contribution in [-0.4, -0.2) is 7.42 Å². The maximum atomic E-state index is 6.13. The molecule has 0 aromatic rings. The summed E-state index contributed by atoms with van der Waals surface area (Å²) in [6.45, 7) is 2.20. The lowest BCUT2D eigenvalue weighted by molar-refractivity contribution is 0.678.